The fraction of sp³-hybridized carbons (Fsp3) is 0.500. The van der Waals surface area contributed by atoms with Crippen molar-refractivity contribution in [2.75, 3.05) is 73.7 Å². The highest BCUT2D eigenvalue weighted by Gasteiger charge is 2.33. The number of rotatable bonds is 8. The molecule has 1 amide bonds. The van der Waals surface area contributed by atoms with E-state index >= 15 is 0 Å². The molecule has 1 unspecified atom stereocenters. The van der Waals surface area contributed by atoms with E-state index in [4.69, 9.17) is 18.9 Å². The molecule has 208 valence electrons. The fourth-order valence-corrected chi connectivity index (χ4v) is 6.18. The molecule has 1 atom stereocenters. The molecule has 2 aliphatic rings. The van der Waals surface area contributed by atoms with Crippen molar-refractivity contribution < 1.29 is 36.6 Å². The standard InChI is InChI=1S/C26H34FN3O7S/c1-18-5-6-21(15-22(18)27)38(32,33)30-11-12-37-20(17-30)16-28-7-9-29(10-8-28)26(31)19-13-23(34-2)25(36-4)24(14-19)35-3/h5-6,13-15,20H,7-12,16-17H2,1-4H3. The van der Waals surface area contributed by atoms with Crippen LogP contribution in [0.4, 0.5) is 4.39 Å². The van der Waals surface area contributed by atoms with Crippen LogP contribution in [0.1, 0.15) is 15.9 Å². The first-order valence-corrected chi connectivity index (χ1v) is 13.8. The molecule has 2 fully saturated rings. The van der Waals surface area contributed by atoms with Crippen molar-refractivity contribution in [1.82, 2.24) is 14.1 Å². The Kier molecular flexibility index (Phi) is 8.76. The molecule has 0 bridgehead atoms. The SMILES string of the molecule is COc1cc(C(=O)N2CCN(CC3CN(S(=O)(=O)c4ccc(C)c(F)c4)CCO3)CC2)cc(OC)c1OC. The normalized spacial score (nSPS) is 19.3. The highest BCUT2D eigenvalue weighted by molar-refractivity contribution is 7.89. The summed E-state index contributed by atoms with van der Waals surface area (Å²) in [6, 6.07) is 7.25. The molecule has 0 aliphatic carbocycles. The molecule has 38 heavy (non-hydrogen) atoms. The molecule has 10 nitrogen and oxygen atoms in total. The minimum absolute atomic E-state index is 0.0554. The van der Waals surface area contributed by atoms with Crippen molar-refractivity contribution >= 4 is 15.9 Å². The van der Waals surface area contributed by atoms with Crippen molar-refractivity contribution in [3.63, 3.8) is 0 Å². The van der Waals surface area contributed by atoms with Crippen LogP contribution < -0.4 is 14.2 Å². The number of methoxy groups -OCH3 is 3. The van der Waals surface area contributed by atoms with E-state index in [1.807, 2.05) is 0 Å². The predicted molar refractivity (Wildman–Crippen MR) is 138 cm³/mol. The summed E-state index contributed by atoms with van der Waals surface area (Å²) < 4.78 is 63.5. The van der Waals surface area contributed by atoms with E-state index in [-0.39, 0.29) is 36.6 Å². The van der Waals surface area contributed by atoms with Gasteiger partial charge in [0.25, 0.3) is 5.91 Å². The van der Waals surface area contributed by atoms with Gasteiger partial charge < -0.3 is 23.8 Å². The minimum Gasteiger partial charge on any atom is -0.493 e. The largest absolute Gasteiger partial charge is 0.493 e. The van der Waals surface area contributed by atoms with Crippen LogP contribution in [0.3, 0.4) is 0 Å². The summed E-state index contributed by atoms with van der Waals surface area (Å²) >= 11 is 0. The van der Waals surface area contributed by atoms with Gasteiger partial charge in [0.15, 0.2) is 11.5 Å². The lowest BCUT2D eigenvalue weighted by Gasteiger charge is -2.39. The molecule has 4 rings (SSSR count). The van der Waals surface area contributed by atoms with Crippen molar-refractivity contribution in [2.45, 2.75) is 17.9 Å². The Morgan fingerprint density at radius 3 is 2.24 bits per heavy atom. The minimum atomic E-state index is -3.83. The summed E-state index contributed by atoms with van der Waals surface area (Å²) in [6.07, 6.45) is -0.328. The van der Waals surface area contributed by atoms with Crippen LogP contribution in [-0.4, -0.2) is 108 Å². The number of morpholine rings is 1. The second-order valence-electron chi connectivity index (χ2n) is 9.27. The average molecular weight is 552 g/mol. The van der Waals surface area contributed by atoms with E-state index < -0.39 is 15.8 Å². The quantitative estimate of drug-likeness (QED) is 0.492. The number of carbonyl (C=O) groups is 1. The van der Waals surface area contributed by atoms with E-state index in [2.05, 4.69) is 4.90 Å². The van der Waals surface area contributed by atoms with Crippen LogP contribution in [0, 0.1) is 12.7 Å². The van der Waals surface area contributed by atoms with Gasteiger partial charge >= 0.3 is 0 Å². The maximum absolute atomic E-state index is 14.0. The maximum atomic E-state index is 14.0. The Bertz CT molecular complexity index is 1240. The van der Waals surface area contributed by atoms with Crippen molar-refractivity contribution in [2.24, 2.45) is 0 Å². The molecule has 2 saturated heterocycles. The maximum Gasteiger partial charge on any atom is 0.254 e. The second-order valence-corrected chi connectivity index (χ2v) is 11.2. The van der Waals surface area contributed by atoms with Gasteiger partial charge in [-0.3, -0.25) is 9.69 Å². The molecule has 2 aromatic carbocycles. The third-order valence-corrected chi connectivity index (χ3v) is 8.78. The Morgan fingerprint density at radius 1 is 1.00 bits per heavy atom. The van der Waals surface area contributed by atoms with Crippen molar-refractivity contribution in [3.05, 3.63) is 47.3 Å². The lowest BCUT2D eigenvalue weighted by Crippen LogP contribution is -2.54. The van der Waals surface area contributed by atoms with Crippen LogP contribution >= 0.6 is 0 Å². The van der Waals surface area contributed by atoms with Crippen LogP contribution in [0.5, 0.6) is 17.2 Å². The fourth-order valence-electron chi connectivity index (χ4n) is 4.71. The summed E-state index contributed by atoms with van der Waals surface area (Å²) in [4.78, 5) is 17.1. The molecule has 0 radical (unpaired) electrons. The van der Waals surface area contributed by atoms with E-state index in [0.29, 0.717) is 61.1 Å². The number of amides is 1. The first-order chi connectivity index (χ1) is 18.2. The molecule has 2 aliphatic heterocycles. The number of carbonyl (C=O) groups excluding carboxylic acids is 1. The molecule has 0 saturated carbocycles. The Hall–Kier alpha value is -2.93. The molecule has 0 aromatic heterocycles. The van der Waals surface area contributed by atoms with Crippen molar-refractivity contribution in [1.29, 1.82) is 0 Å². The summed E-state index contributed by atoms with van der Waals surface area (Å²) in [5, 5.41) is 0. The highest BCUT2D eigenvalue weighted by atomic mass is 32.2. The summed E-state index contributed by atoms with van der Waals surface area (Å²) in [6.45, 7) is 5.03. The van der Waals surface area contributed by atoms with E-state index in [1.165, 1.54) is 37.8 Å². The summed E-state index contributed by atoms with van der Waals surface area (Å²) in [7, 11) is 0.684. The number of hydrogen-bond donors (Lipinski definition) is 0. The van der Waals surface area contributed by atoms with Crippen molar-refractivity contribution in [3.8, 4) is 17.2 Å². The van der Waals surface area contributed by atoms with Gasteiger partial charge in [-0.15, -0.1) is 0 Å². The Labute approximate surface area is 222 Å². The van der Waals surface area contributed by atoms with Gasteiger partial charge in [0, 0.05) is 51.4 Å². The number of ether oxygens (including phenoxy) is 4. The van der Waals surface area contributed by atoms with Crippen LogP contribution in [0.15, 0.2) is 35.2 Å². The number of sulfonamides is 1. The second kappa shape index (κ2) is 11.9. The van der Waals surface area contributed by atoms with Gasteiger partial charge in [-0.25, -0.2) is 12.8 Å². The first-order valence-electron chi connectivity index (χ1n) is 12.4. The molecule has 2 heterocycles. The van der Waals surface area contributed by atoms with Gasteiger partial charge in [0.05, 0.1) is 38.9 Å². The van der Waals surface area contributed by atoms with Gasteiger partial charge in [-0.05, 0) is 36.8 Å². The lowest BCUT2D eigenvalue weighted by atomic mass is 10.1. The third-order valence-electron chi connectivity index (χ3n) is 6.92. The number of halogens is 1. The smallest absolute Gasteiger partial charge is 0.254 e. The molecule has 2 aromatic rings. The van der Waals surface area contributed by atoms with Gasteiger partial charge in [-0.1, -0.05) is 6.07 Å². The van der Waals surface area contributed by atoms with Crippen LogP contribution in [0.25, 0.3) is 0 Å². The average Bonchev–Trinajstić information content (AvgIpc) is 2.93. The van der Waals surface area contributed by atoms with Crippen LogP contribution in [-0.2, 0) is 14.8 Å². The number of nitrogens with zero attached hydrogens (tertiary/aromatic N) is 3. The molecule has 12 heteroatoms. The lowest BCUT2D eigenvalue weighted by molar-refractivity contribution is -0.0256. The van der Waals surface area contributed by atoms with E-state index in [0.717, 1.165) is 6.07 Å². The monoisotopic (exact) mass is 551 g/mol. The third kappa shape index (κ3) is 5.88. The first kappa shape index (κ1) is 28.1. The van der Waals surface area contributed by atoms with E-state index in [1.54, 1.807) is 24.0 Å². The van der Waals surface area contributed by atoms with Gasteiger partial charge in [0.1, 0.15) is 5.82 Å². The zero-order valence-corrected chi connectivity index (χ0v) is 22.9. The Balaban J connectivity index is 1.35. The summed E-state index contributed by atoms with van der Waals surface area (Å²) in [5.41, 5.74) is 0.837. The predicted octanol–water partition coefficient (Wildman–Crippen LogP) is 2.01. The molecule has 0 N–H and O–H groups in total. The van der Waals surface area contributed by atoms with Crippen LogP contribution in [0.2, 0.25) is 0 Å². The molecule has 0 spiro atoms. The number of benzene rings is 2. The van der Waals surface area contributed by atoms with Gasteiger partial charge in [0.2, 0.25) is 15.8 Å². The number of hydrogen-bond acceptors (Lipinski definition) is 8. The highest BCUT2D eigenvalue weighted by Crippen LogP contribution is 2.38. The molecular formula is C26H34FN3O7S. The zero-order chi connectivity index (χ0) is 27.4. The molecular weight excluding hydrogens is 517 g/mol. The zero-order valence-electron chi connectivity index (χ0n) is 22.1. The van der Waals surface area contributed by atoms with Gasteiger partial charge in [-0.2, -0.15) is 4.31 Å². The topological polar surface area (TPSA) is 97.9 Å². The number of aryl methyl sites for hydroxylation is 1. The number of piperazine rings is 1. The van der Waals surface area contributed by atoms with E-state index in [9.17, 15) is 17.6 Å². The Morgan fingerprint density at radius 2 is 1.66 bits per heavy atom. The summed E-state index contributed by atoms with van der Waals surface area (Å²) in [5.74, 6) is 0.565.